The number of rotatable bonds is 14. The predicted octanol–water partition coefficient (Wildman–Crippen LogP) is 1.96. The number of nitrogens with zero attached hydrogens (tertiary/aromatic N) is 2. The second-order valence-corrected chi connectivity index (χ2v) is 23.4. The van der Waals surface area contributed by atoms with Crippen molar-refractivity contribution in [2.75, 3.05) is 46.4 Å². The molecule has 71 heavy (non-hydrogen) atoms. The van der Waals surface area contributed by atoms with Crippen LogP contribution in [0.5, 0.6) is 0 Å². The van der Waals surface area contributed by atoms with Crippen LogP contribution in [0, 0.1) is 11.8 Å². The van der Waals surface area contributed by atoms with E-state index in [1.54, 1.807) is 88.0 Å². The molecule has 2 unspecified atom stereocenters. The number of carbonyl (C=O) groups excluding carboxylic acids is 5. The van der Waals surface area contributed by atoms with Crippen LogP contribution in [-0.4, -0.2) is 196 Å². The Morgan fingerprint density at radius 1 is 0.873 bits per heavy atom. The van der Waals surface area contributed by atoms with Crippen molar-refractivity contribution in [1.29, 1.82) is 0 Å². The molecule has 13 atom stereocenters. The largest absolute Gasteiger partial charge is 0.492 e. The molecule has 0 aromatic heterocycles. The molecule has 5 amide bonds. The van der Waals surface area contributed by atoms with Gasteiger partial charge in [-0.2, -0.15) is 0 Å². The number of aliphatic hydroxyl groups is 4. The number of nitrogens with one attached hydrogen (secondary N) is 4. The van der Waals surface area contributed by atoms with Gasteiger partial charge in [0.05, 0.1) is 31.3 Å². The average molecular weight is 1020 g/mol. The van der Waals surface area contributed by atoms with Crippen LogP contribution in [0.25, 0.3) is 0 Å². The fraction of sp³-hybridized carbons (Fsp3) is 0.854. The molecule has 3 fully saturated rings. The molecular weight excluding hydrogens is 931 g/mol. The lowest BCUT2D eigenvalue weighted by molar-refractivity contribution is -0.305. The summed E-state index contributed by atoms with van der Waals surface area (Å²) in [5.74, 6) is -1.58. The number of ether oxygens (including phenoxy) is 7. The summed E-state index contributed by atoms with van der Waals surface area (Å²) >= 11 is 0. The maximum atomic E-state index is 13.9. The molecule has 0 radical (unpaired) electrons. The minimum absolute atomic E-state index is 0.00244. The van der Waals surface area contributed by atoms with Gasteiger partial charge in [0.25, 0.3) is 0 Å². The Kier molecular flexibility index (Phi) is 19.9. The smallest absolute Gasteiger partial charge is 0.410 e. The Bertz CT molecular complexity index is 1860. The molecule has 4 aliphatic rings. The van der Waals surface area contributed by atoms with E-state index in [2.05, 4.69) is 21.3 Å². The van der Waals surface area contributed by atoms with E-state index in [9.17, 15) is 44.4 Å². The number of alkyl carbamates (subject to hydrolysis) is 2. The molecule has 0 aromatic rings. The van der Waals surface area contributed by atoms with Crippen molar-refractivity contribution in [3.8, 4) is 0 Å². The molecule has 3 aliphatic heterocycles. The highest BCUT2D eigenvalue weighted by molar-refractivity contribution is 5.81. The third-order valence-corrected chi connectivity index (χ3v) is 12.2. The van der Waals surface area contributed by atoms with Gasteiger partial charge in [0.15, 0.2) is 6.29 Å². The zero-order valence-corrected chi connectivity index (χ0v) is 44.2. The van der Waals surface area contributed by atoms with E-state index < -0.39 is 132 Å². The number of carbonyl (C=O) groups is 5. The molecule has 10 N–H and O–H groups in total. The normalized spacial score (nSPS) is 31.0. The number of likely N-dealkylation sites (N-methyl/N-ethyl adjacent to an activating group) is 1. The van der Waals surface area contributed by atoms with Crippen molar-refractivity contribution in [1.82, 2.24) is 31.1 Å². The molecule has 23 nitrogen and oxygen atoms in total. The summed E-state index contributed by atoms with van der Waals surface area (Å²) in [5.41, 5.74) is 0.966. The summed E-state index contributed by atoms with van der Waals surface area (Å²) in [4.78, 5) is 68.9. The van der Waals surface area contributed by atoms with Gasteiger partial charge in [0, 0.05) is 51.2 Å². The van der Waals surface area contributed by atoms with Crippen LogP contribution in [0.15, 0.2) is 11.8 Å². The topological polar surface area (TPSA) is 312 Å². The zero-order chi connectivity index (χ0) is 53.6. The summed E-state index contributed by atoms with van der Waals surface area (Å²) < 4.78 is 41.2. The molecule has 3 heterocycles. The number of hydrogen-bond acceptors (Lipinski definition) is 18. The molecule has 1 saturated carbocycles. The van der Waals surface area contributed by atoms with Crippen molar-refractivity contribution in [3.63, 3.8) is 0 Å². The van der Waals surface area contributed by atoms with Crippen molar-refractivity contribution in [2.45, 2.75) is 205 Å². The highest BCUT2D eigenvalue weighted by Gasteiger charge is 2.56. The van der Waals surface area contributed by atoms with E-state index in [1.807, 2.05) is 6.08 Å². The number of aliphatic hydroxyl groups excluding tert-OH is 3. The van der Waals surface area contributed by atoms with E-state index in [-0.39, 0.29) is 31.8 Å². The number of nitrogens with two attached hydrogens (primary N) is 1. The third kappa shape index (κ3) is 17.7. The van der Waals surface area contributed by atoms with Gasteiger partial charge in [-0.25, -0.2) is 19.2 Å². The molecular formula is C48H85N7O16. The predicted molar refractivity (Wildman–Crippen MR) is 257 cm³/mol. The lowest BCUT2D eigenvalue weighted by Crippen LogP contribution is -2.71. The third-order valence-electron chi connectivity index (χ3n) is 12.2. The standard InChI is InChI=1S/C48H85N7O16/c1-44(2,3)68-40(60)50-19-17-31(56)38(59)52-30-21-29(53-41(61)69-45(4,5)6)32(33(57)36(30)67-39-34(58)37(48(13,64)25-65-39)54(14)42(62)70-46(7,8)9)35-28(16-15-27(22-49)66-35)51-23-26-18-20-55(24-26)43(63)71-47(10,11)12/h15,26,28-37,39,51,56-58,64H,16-25,49H2,1-14H3,(H,50,60)(H,52,59)(H,53,61)/t26?,28-,29+,30-,31+,32?,33+,34-,35+,36+,37-,39-,48+/m1/s1. The van der Waals surface area contributed by atoms with Gasteiger partial charge in [-0.3, -0.25) is 4.79 Å². The van der Waals surface area contributed by atoms with E-state index in [4.69, 9.17) is 38.9 Å². The summed E-state index contributed by atoms with van der Waals surface area (Å²) in [6, 6.07) is -4.20. The fourth-order valence-electron chi connectivity index (χ4n) is 9.15. The summed E-state index contributed by atoms with van der Waals surface area (Å²) in [7, 11) is 1.34. The van der Waals surface area contributed by atoms with Crippen LogP contribution >= 0.6 is 0 Å². The van der Waals surface area contributed by atoms with Crippen LogP contribution in [0.2, 0.25) is 0 Å². The molecule has 408 valence electrons. The molecule has 23 heteroatoms. The van der Waals surface area contributed by atoms with E-state index in [0.29, 0.717) is 38.2 Å². The van der Waals surface area contributed by atoms with Crippen LogP contribution in [0.4, 0.5) is 19.2 Å². The molecule has 0 bridgehead atoms. The van der Waals surface area contributed by atoms with Crippen LogP contribution < -0.4 is 27.0 Å². The first-order chi connectivity index (χ1) is 32.6. The number of amides is 5. The molecule has 0 spiro atoms. The van der Waals surface area contributed by atoms with E-state index in [1.165, 1.54) is 14.0 Å². The van der Waals surface area contributed by atoms with Crippen LogP contribution in [0.1, 0.15) is 116 Å². The molecule has 1 aliphatic carbocycles. The highest BCUT2D eigenvalue weighted by atomic mass is 16.7. The molecule has 4 rings (SSSR count). The Morgan fingerprint density at radius 2 is 1.48 bits per heavy atom. The first kappa shape index (κ1) is 59.3. The van der Waals surface area contributed by atoms with Crippen molar-refractivity contribution < 1.29 is 77.6 Å². The summed E-state index contributed by atoms with van der Waals surface area (Å²) in [6.45, 7) is 22.6. The van der Waals surface area contributed by atoms with Gasteiger partial charge in [0.2, 0.25) is 5.91 Å². The van der Waals surface area contributed by atoms with Crippen molar-refractivity contribution in [2.24, 2.45) is 17.6 Å². The number of hydrogen-bond donors (Lipinski definition) is 9. The quantitative estimate of drug-likeness (QED) is 0.112. The second-order valence-electron chi connectivity index (χ2n) is 23.4. The van der Waals surface area contributed by atoms with Crippen molar-refractivity contribution in [3.05, 3.63) is 11.8 Å². The maximum Gasteiger partial charge on any atom is 0.410 e. The van der Waals surface area contributed by atoms with Crippen LogP contribution in [-0.2, 0) is 38.0 Å². The maximum absolute atomic E-state index is 13.9. The SMILES string of the molecule is CN(C(=O)OC(C)(C)C)[C@@H]1[C@@H](O)[C@@H](O[C@H]2[C@H](NC(=O)[C@@H](O)CCNC(=O)OC(C)(C)C)C[C@H](NC(=O)OC(C)(C)C)C([C@H]3OC(CN)=CC[C@H]3NCC3CCN(C(=O)OC(C)(C)C)C3)[C@@H]2O)OC[C@]1(C)O. The second kappa shape index (κ2) is 23.8. The van der Waals surface area contributed by atoms with Crippen LogP contribution in [0.3, 0.4) is 0 Å². The average Bonchev–Trinajstić information content (AvgIpc) is 3.69. The first-order valence-electron chi connectivity index (χ1n) is 24.6. The molecule has 0 aromatic carbocycles. The summed E-state index contributed by atoms with van der Waals surface area (Å²) in [5, 5.41) is 59.2. The van der Waals surface area contributed by atoms with Gasteiger partial charge in [0.1, 0.15) is 58.2 Å². The van der Waals surface area contributed by atoms with Gasteiger partial charge in [-0.15, -0.1) is 0 Å². The Balaban J connectivity index is 1.73. The monoisotopic (exact) mass is 1020 g/mol. The van der Waals surface area contributed by atoms with Gasteiger partial charge < -0.3 is 90.4 Å². The zero-order valence-electron chi connectivity index (χ0n) is 44.2. The Labute approximate surface area is 418 Å². The lowest BCUT2D eigenvalue weighted by atomic mass is 9.72. The fourth-order valence-corrected chi connectivity index (χ4v) is 9.15. The van der Waals surface area contributed by atoms with Gasteiger partial charge in [-0.1, -0.05) is 0 Å². The lowest BCUT2D eigenvalue weighted by Gasteiger charge is -2.52. The Hall–Kier alpha value is -4.23. The van der Waals surface area contributed by atoms with Gasteiger partial charge in [-0.05, 0) is 128 Å². The summed E-state index contributed by atoms with van der Waals surface area (Å²) in [6.07, 6.45) is -9.68. The van der Waals surface area contributed by atoms with E-state index >= 15 is 0 Å². The van der Waals surface area contributed by atoms with E-state index in [0.717, 1.165) is 4.90 Å². The number of likely N-dealkylation sites (tertiary alicyclic amines) is 1. The van der Waals surface area contributed by atoms with Crippen molar-refractivity contribution >= 4 is 30.3 Å². The molecule has 2 saturated heterocycles. The highest BCUT2D eigenvalue weighted by Crippen LogP contribution is 2.39. The minimum atomic E-state index is -1.84. The minimum Gasteiger partial charge on any atom is -0.492 e. The Morgan fingerprint density at radius 3 is 2.07 bits per heavy atom. The first-order valence-corrected chi connectivity index (χ1v) is 24.6. The van der Waals surface area contributed by atoms with Gasteiger partial charge >= 0.3 is 24.4 Å².